The molecule has 2 aliphatic heterocycles. The molecule has 0 spiro atoms. The van der Waals surface area contributed by atoms with Crippen LogP contribution in [0.2, 0.25) is 0 Å². The molecule has 0 N–H and O–H groups in total. The largest absolute Gasteiger partial charge is 0.274 e. The van der Waals surface area contributed by atoms with Crippen LogP contribution in [0.4, 0.5) is 11.4 Å². The summed E-state index contributed by atoms with van der Waals surface area (Å²) in [4.78, 5) is 57.2. The Kier molecular flexibility index (Phi) is 4.32. The van der Waals surface area contributed by atoms with E-state index in [1.165, 1.54) is 9.80 Å². The minimum atomic E-state index is -0.611. The van der Waals surface area contributed by atoms with Gasteiger partial charge >= 0.3 is 0 Å². The van der Waals surface area contributed by atoms with Crippen LogP contribution in [-0.4, -0.2) is 23.6 Å². The molecule has 4 amide bonds. The van der Waals surface area contributed by atoms with Crippen molar-refractivity contribution in [2.24, 2.45) is 35.5 Å². The van der Waals surface area contributed by atoms with Crippen LogP contribution >= 0.6 is 0 Å². The van der Waals surface area contributed by atoms with Gasteiger partial charge in [0.05, 0.1) is 35.0 Å². The number of carbonyl (C=O) groups excluding carboxylic acids is 4. The van der Waals surface area contributed by atoms with Crippen molar-refractivity contribution in [1.29, 1.82) is 0 Å². The zero-order valence-corrected chi connectivity index (χ0v) is 19.6. The maximum atomic E-state index is 13.6. The van der Waals surface area contributed by atoms with Gasteiger partial charge in [-0.1, -0.05) is 24.3 Å². The second-order valence-electron chi connectivity index (χ2n) is 10.4. The van der Waals surface area contributed by atoms with E-state index in [9.17, 15) is 19.2 Å². The van der Waals surface area contributed by atoms with Crippen LogP contribution in [0.3, 0.4) is 0 Å². The average molecular weight is 455 g/mol. The van der Waals surface area contributed by atoms with Gasteiger partial charge < -0.3 is 0 Å². The quantitative estimate of drug-likeness (QED) is 0.513. The molecular weight excluding hydrogens is 428 g/mol. The van der Waals surface area contributed by atoms with Gasteiger partial charge in [-0.3, -0.25) is 19.2 Å². The van der Waals surface area contributed by atoms with E-state index in [2.05, 4.69) is 0 Å². The molecule has 2 aromatic rings. The highest BCUT2D eigenvalue weighted by Gasteiger charge is 2.68. The van der Waals surface area contributed by atoms with Crippen LogP contribution in [0.5, 0.6) is 0 Å². The van der Waals surface area contributed by atoms with Crippen LogP contribution in [-0.2, 0) is 19.2 Å². The molecule has 6 heteroatoms. The first-order valence-electron chi connectivity index (χ1n) is 11.8. The Labute approximate surface area is 198 Å². The van der Waals surface area contributed by atoms with E-state index in [1.807, 2.05) is 76.2 Å². The summed E-state index contributed by atoms with van der Waals surface area (Å²) in [6.07, 6.45) is 3.80. The first-order valence-corrected chi connectivity index (χ1v) is 11.8. The number of carbonyl (C=O) groups is 4. The minimum absolute atomic E-state index is 0.261. The van der Waals surface area contributed by atoms with E-state index in [0.717, 1.165) is 22.3 Å². The number of imide groups is 2. The fourth-order valence-corrected chi connectivity index (χ4v) is 6.89. The molecule has 6 atom stereocenters. The third-order valence-electron chi connectivity index (χ3n) is 7.94. The van der Waals surface area contributed by atoms with Crippen molar-refractivity contribution in [2.75, 3.05) is 9.80 Å². The highest BCUT2D eigenvalue weighted by molar-refractivity contribution is 6.26. The van der Waals surface area contributed by atoms with Gasteiger partial charge in [-0.25, -0.2) is 9.80 Å². The summed E-state index contributed by atoms with van der Waals surface area (Å²) in [5.74, 6) is -4.40. The van der Waals surface area contributed by atoms with Crippen LogP contribution in [0.15, 0.2) is 48.6 Å². The Morgan fingerprint density at radius 3 is 1.00 bits per heavy atom. The molecule has 0 aromatic heterocycles. The van der Waals surface area contributed by atoms with Crippen LogP contribution in [0.1, 0.15) is 22.3 Å². The lowest BCUT2D eigenvalue weighted by molar-refractivity contribution is -0.137. The first kappa shape index (κ1) is 21.0. The van der Waals surface area contributed by atoms with Crippen LogP contribution in [0.25, 0.3) is 0 Å². The number of aryl methyl sites for hydroxylation is 4. The van der Waals surface area contributed by atoms with E-state index in [1.54, 1.807) is 0 Å². The summed E-state index contributed by atoms with van der Waals surface area (Å²) >= 11 is 0. The van der Waals surface area contributed by atoms with Gasteiger partial charge in [0.15, 0.2) is 0 Å². The molecule has 5 aliphatic rings. The maximum absolute atomic E-state index is 13.6. The first-order chi connectivity index (χ1) is 16.2. The molecule has 34 heavy (non-hydrogen) atoms. The van der Waals surface area contributed by atoms with Gasteiger partial charge in [0.25, 0.3) is 0 Å². The van der Waals surface area contributed by atoms with E-state index in [-0.39, 0.29) is 23.6 Å². The third-order valence-corrected chi connectivity index (χ3v) is 7.94. The zero-order chi connectivity index (χ0) is 24.0. The summed E-state index contributed by atoms with van der Waals surface area (Å²) in [5, 5.41) is 0. The van der Waals surface area contributed by atoms with Gasteiger partial charge in [-0.2, -0.15) is 0 Å². The van der Waals surface area contributed by atoms with Crippen molar-refractivity contribution in [3.05, 3.63) is 70.8 Å². The number of benzene rings is 2. The molecular formula is C28H26N2O4. The molecule has 2 aromatic carbocycles. The van der Waals surface area contributed by atoms with Crippen molar-refractivity contribution in [3.63, 3.8) is 0 Å². The molecule has 1 saturated carbocycles. The maximum Gasteiger partial charge on any atom is 0.238 e. The molecule has 3 fully saturated rings. The standard InChI is InChI=1S/C28H26N2O4/c1-13-7-14(2)10-17(9-13)29-25(31)21-19-5-6-20(22(21)26(29)32)24-23(19)27(33)30(28(24)34)18-11-15(3)8-16(4)12-18/h5-12,19-24H,1-4H3/t19?,20?,21-,22+,23+,24-. The molecule has 2 saturated heterocycles. The number of rotatable bonds is 2. The van der Waals surface area contributed by atoms with Gasteiger partial charge in [0, 0.05) is 11.8 Å². The minimum Gasteiger partial charge on any atom is -0.274 e. The average Bonchev–Trinajstić information content (AvgIpc) is 3.19. The Bertz CT molecular complexity index is 1160. The van der Waals surface area contributed by atoms with Crippen LogP contribution in [0, 0.1) is 63.2 Å². The summed E-state index contributed by atoms with van der Waals surface area (Å²) in [7, 11) is 0. The Morgan fingerprint density at radius 2 is 0.735 bits per heavy atom. The van der Waals surface area contributed by atoms with Crippen molar-refractivity contribution in [1.82, 2.24) is 0 Å². The zero-order valence-electron chi connectivity index (χ0n) is 19.6. The Morgan fingerprint density at radius 1 is 0.471 bits per heavy atom. The second-order valence-corrected chi connectivity index (χ2v) is 10.4. The fraction of sp³-hybridized carbons (Fsp3) is 0.357. The normalized spacial score (nSPS) is 31.5. The van der Waals surface area contributed by atoms with Gasteiger partial charge in [-0.15, -0.1) is 0 Å². The smallest absolute Gasteiger partial charge is 0.238 e. The van der Waals surface area contributed by atoms with E-state index >= 15 is 0 Å². The Hall–Kier alpha value is -3.54. The predicted molar refractivity (Wildman–Crippen MR) is 127 cm³/mol. The fourth-order valence-electron chi connectivity index (χ4n) is 6.89. The highest BCUT2D eigenvalue weighted by Crippen LogP contribution is 2.58. The van der Waals surface area contributed by atoms with Gasteiger partial charge in [-0.05, 0) is 74.2 Å². The molecule has 2 bridgehead atoms. The molecule has 172 valence electrons. The number of amides is 4. The summed E-state index contributed by atoms with van der Waals surface area (Å²) in [6.45, 7) is 7.73. The van der Waals surface area contributed by atoms with Crippen molar-refractivity contribution in [3.8, 4) is 0 Å². The van der Waals surface area contributed by atoms with Crippen molar-refractivity contribution >= 4 is 35.0 Å². The summed E-state index contributed by atoms with van der Waals surface area (Å²) in [6, 6.07) is 11.4. The number of hydrogen-bond acceptors (Lipinski definition) is 4. The second kappa shape index (κ2) is 6.98. The van der Waals surface area contributed by atoms with E-state index in [4.69, 9.17) is 0 Å². The Balaban J connectivity index is 1.41. The molecule has 2 unspecified atom stereocenters. The van der Waals surface area contributed by atoms with Crippen molar-refractivity contribution < 1.29 is 19.2 Å². The summed E-state index contributed by atoms with van der Waals surface area (Å²) < 4.78 is 0. The highest BCUT2D eigenvalue weighted by atomic mass is 16.2. The lowest BCUT2D eigenvalue weighted by Gasteiger charge is -2.44. The van der Waals surface area contributed by atoms with Gasteiger partial charge in [0.1, 0.15) is 0 Å². The molecule has 0 radical (unpaired) electrons. The van der Waals surface area contributed by atoms with E-state index in [0.29, 0.717) is 11.4 Å². The number of anilines is 2. The number of nitrogens with zero attached hydrogens (tertiary/aromatic N) is 2. The predicted octanol–water partition coefficient (Wildman–Crippen LogP) is 3.65. The lowest BCUT2D eigenvalue weighted by Crippen LogP contribution is -2.50. The van der Waals surface area contributed by atoms with E-state index < -0.39 is 35.5 Å². The van der Waals surface area contributed by atoms with Crippen molar-refractivity contribution in [2.45, 2.75) is 27.7 Å². The number of allylic oxidation sites excluding steroid dienone is 2. The third kappa shape index (κ3) is 2.68. The molecule has 7 rings (SSSR count). The summed E-state index contributed by atoms with van der Waals surface area (Å²) in [5.41, 5.74) is 5.02. The SMILES string of the molecule is Cc1cc(C)cc(N2C(=O)[C@@H]3C4C=CC([C@H]5C(=O)N(c6cc(C)cc(C)c6)C(=O)[C@@H]45)[C@@H]3C2=O)c1. The molecule has 6 nitrogen and oxygen atoms in total. The van der Waals surface area contributed by atoms with Gasteiger partial charge in [0.2, 0.25) is 23.6 Å². The van der Waals surface area contributed by atoms with Crippen LogP contribution < -0.4 is 9.80 Å². The topological polar surface area (TPSA) is 74.8 Å². The molecule has 2 heterocycles. The monoisotopic (exact) mass is 454 g/mol. The number of hydrogen-bond donors (Lipinski definition) is 0. The lowest BCUT2D eigenvalue weighted by atomic mass is 9.54. The molecule has 3 aliphatic carbocycles.